The second-order valence-corrected chi connectivity index (χ2v) is 9.09. The number of ether oxygens (including phenoxy) is 1. The first-order chi connectivity index (χ1) is 16.0. The molecular weight excluding hydrogens is 452 g/mol. The smallest absolute Gasteiger partial charge is 0.247 e. The van der Waals surface area contributed by atoms with E-state index in [9.17, 15) is 9.59 Å². The molecule has 1 aliphatic carbocycles. The fourth-order valence-corrected chi connectivity index (χ4v) is 4.87. The first-order valence-corrected chi connectivity index (χ1v) is 12.5. The molecule has 0 aromatic heterocycles. The van der Waals surface area contributed by atoms with E-state index in [2.05, 4.69) is 23.3 Å². The van der Waals surface area contributed by atoms with Gasteiger partial charge in [0.25, 0.3) is 0 Å². The molecular formula is C26H32N2O3S2. The molecule has 1 aliphatic rings. The molecule has 33 heavy (non-hydrogen) atoms. The summed E-state index contributed by atoms with van der Waals surface area (Å²) in [4.78, 5) is 26.7. The van der Waals surface area contributed by atoms with Crippen LogP contribution in [0.15, 0.2) is 54.6 Å². The highest BCUT2D eigenvalue weighted by atomic mass is 32.1. The van der Waals surface area contributed by atoms with E-state index in [1.807, 2.05) is 61.5 Å². The third-order valence-corrected chi connectivity index (χ3v) is 7.17. The molecule has 5 nitrogen and oxygen atoms in total. The Balaban J connectivity index is 1.74. The summed E-state index contributed by atoms with van der Waals surface area (Å²) in [5.74, 6) is 0.0790. The fraction of sp³-hybridized carbons (Fsp3) is 0.423. The van der Waals surface area contributed by atoms with Gasteiger partial charge in [-0.3, -0.25) is 9.59 Å². The van der Waals surface area contributed by atoms with Crippen LogP contribution < -0.4 is 10.6 Å². The summed E-state index contributed by atoms with van der Waals surface area (Å²) >= 11 is 9.47. The van der Waals surface area contributed by atoms with E-state index in [0.29, 0.717) is 37.3 Å². The van der Waals surface area contributed by atoms with Crippen LogP contribution >= 0.6 is 24.8 Å². The Labute approximate surface area is 207 Å². The van der Waals surface area contributed by atoms with Crippen molar-refractivity contribution in [3.63, 3.8) is 0 Å². The van der Waals surface area contributed by atoms with Crippen molar-refractivity contribution in [2.75, 3.05) is 17.7 Å². The first-order valence-electron chi connectivity index (χ1n) is 11.4. The highest BCUT2D eigenvalue weighted by molar-refractivity contribution is 7.80. The number of rotatable bonds is 10. The van der Waals surface area contributed by atoms with Gasteiger partial charge in [-0.1, -0.05) is 54.7 Å². The van der Waals surface area contributed by atoms with Crippen LogP contribution in [0.1, 0.15) is 43.7 Å². The molecule has 2 aromatic rings. The Morgan fingerprint density at radius 3 is 2.39 bits per heavy atom. The summed E-state index contributed by atoms with van der Waals surface area (Å²) in [7, 11) is 0. The average molecular weight is 485 g/mol. The molecule has 0 bridgehead atoms. The molecule has 0 heterocycles. The standard InChI is InChI=1S/C26H32N2O3S2/c1-2-31-22-12-14-26(18-33,15-13-22)25(30)28-23(16-19-6-4-3-5-7-19)24(29)27-21-10-8-20(17-32)9-11-21/h3-11,17,22-23,33H,2,12-16,18H2,1H3,(H,27,29)(H,28,30)/t22-,23-,26+/m0/s1. The average Bonchev–Trinajstić information content (AvgIpc) is 2.85. The van der Waals surface area contributed by atoms with E-state index >= 15 is 0 Å². The number of amides is 2. The van der Waals surface area contributed by atoms with E-state index in [1.165, 1.54) is 0 Å². The zero-order valence-electron chi connectivity index (χ0n) is 19.0. The number of hydrogen-bond acceptors (Lipinski definition) is 5. The van der Waals surface area contributed by atoms with Crippen molar-refractivity contribution >= 4 is 47.7 Å². The van der Waals surface area contributed by atoms with Crippen molar-refractivity contribution < 1.29 is 14.3 Å². The lowest BCUT2D eigenvalue weighted by Gasteiger charge is -2.38. The van der Waals surface area contributed by atoms with Gasteiger partial charge in [0.05, 0.1) is 11.5 Å². The van der Waals surface area contributed by atoms with Crippen molar-refractivity contribution in [3.05, 3.63) is 65.7 Å². The number of thiocarbonyl (C=S) groups is 1. The molecule has 2 N–H and O–H groups in total. The van der Waals surface area contributed by atoms with Gasteiger partial charge in [-0.25, -0.2) is 0 Å². The number of hydrogen-bond donors (Lipinski definition) is 3. The summed E-state index contributed by atoms with van der Waals surface area (Å²) in [6.07, 6.45) is 3.64. The van der Waals surface area contributed by atoms with Crippen molar-refractivity contribution in [1.29, 1.82) is 0 Å². The normalized spacial score (nSPS) is 21.1. The molecule has 0 radical (unpaired) electrons. The third-order valence-electron chi connectivity index (χ3n) is 6.30. The molecule has 7 heteroatoms. The molecule has 0 unspecified atom stereocenters. The molecule has 0 aliphatic heterocycles. The quantitative estimate of drug-likeness (QED) is 0.341. The predicted molar refractivity (Wildman–Crippen MR) is 140 cm³/mol. The van der Waals surface area contributed by atoms with Crippen LogP contribution in [-0.4, -0.2) is 41.7 Å². The van der Waals surface area contributed by atoms with Gasteiger partial charge in [-0.2, -0.15) is 12.6 Å². The Hall–Kier alpha value is -2.22. The van der Waals surface area contributed by atoms with E-state index in [1.54, 1.807) is 5.37 Å². The second kappa shape index (κ2) is 12.3. The van der Waals surface area contributed by atoms with E-state index in [0.717, 1.165) is 24.0 Å². The SMILES string of the molecule is CCO[C@H]1CC[C@@](CS)(C(=O)N[C@@H](Cc2ccccc2)C(=O)Nc2ccc(C=S)cc2)CC1. The van der Waals surface area contributed by atoms with Gasteiger partial charge < -0.3 is 15.4 Å². The maximum Gasteiger partial charge on any atom is 0.247 e. The van der Waals surface area contributed by atoms with Crippen molar-refractivity contribution in [1.82, 2.24) is 5.32 Å². The maximum absolute atomic E-state index is 13.5. The lowest BCUT2D eigenvalue weighted by atomic mass is 9.73. The molecule has 0 saturated heterocycles. The highest BCUT2D eigenvalue weighted by Gasteiger charge is 2.42. The third kappa shape index (κ3) is 6.88. The van der Waals surface area contributed by atoms with Gasteiger partial charge in [0.2, 0.25) is 11.8 Å². The van der Waals surface area contributed by atoms with Crippen molar-refractivity contribution in [2.45, 2.75) is 51.2 Å². The van der Waals surface area contributed by atoms with Gasteiger partial charge in [-0.15, -0.1) is 0 Å². The Bertz CT molecular complexity index is 926. The van der Waals surface area contributed by atoms with Crippen LogP contribution in [0.2, 0.25) is 0 Å². The summed E-state index contributed by atoms with van der Waals surface area (Å²) in [6.45, 7) is 2.67. The Morgan fingerprint density at radius 2 is 1.82 bits per heavy atom. The molecule has 1 fully saturated rings. The van der Waals surface area contributed by atoms with Crippen LogP contribution in [0.4, 0.5) is 5.69 Å². The molecule has 2 amide bonds. The Kier molecular flexibility index (Phi) is 9.47. The summed E-state index contributed by atoms with van der Waals surface area (Å²) in [5, 5.41) is 7.57. The van der Waals surface area contributed by atoms with Gasteiger partial charge in [0, 0.05) is 29.8 Å². The summed E-state index contributed by atoms with van der Waals surface area (Å²) < 4.78 is 5.75. The lowest BCUT2D eigenvalue weighted by Crippen LogP contribution is -2.53. The predicted octanol–water partition coefficient (Wildman–Crippen LogP) is 4.60. The maximum atomic E-state index is 13.5. The molecule has 1 atom stereocenters. The largest absolute Gasteiger partial charge is 0.379 e. The van der Waals surface area contributed by atoms with Gasteiger partial charge in [-0.05, 0) is 55.9 Å². The number of thiol groups is 1. The van der Waals surface area contributed by atoms with Gasteiger partial charge in [0.15, 0.2) is 0 Å². The van der Waals surface area contributed by atoms with Crippen LogP contribution in [-0.2, 0) is 20.7 Å². The molecule has 176 valence electrons. The Morgan fingerprint density at radius 1 is 1.15 bits per heavy atom. The number of nitrogens with one attached hydrogen (secondary N) is 2. The lowest BCUT2D eigenvalue weighted by molar-refractivity contribution is -0.136. The highest BCUT2D eigenvalue weighted by Crippen LogP contribution is 2.39. The van der Waals surface area contributed by atoms with E-state index < -0.39 is 11.5 Å². The molecule has 0 spiro atoms. The monoisotopic (exact) mass is 484 g/mol. The first kappa shape index (κ1) is 25.4. The topological polar surface area (TPSA) is 67.4 Å². The fourth-order valence-electron chi connectivity index (χ4n) is 4.25. The molecule has 3 rings (SSSR count). The zero-order valence-corrected chi connectivity index (χ0v) is 20.7. The summed E-state index contributed by atoms with van der Waals surface area (Å²) in [6, 6.07) is 16.3. The number of carbonyl (C=O) groups excluding carboxylic acids is 2. The van der Waals surface area contributed by atoms with Crippen LogP contribution in [0.25, 0.3) is 0 Å². The van der Waals surface area contributed by atoms with E-state index in [-0.39, 0.29) is 17.9 Å². The van der Waals surface area contributed by atoms with Crippen LogP contribution in [0.3, 0.4) is 0 Å². The number of carbonyl (C=O) groups is 2. The van der Waals surface area contributed by atoms with Crippen molar-refractivity contribution in [3.8, 4) is 0 Å². The van der Waals surface area contributed by atoms with Crippen LogP contribution in [0.5, 0.6) is 0 Å². The van der Waals surface area contributed by atoms with Gasteiger partial charge >= 0.3 is 0 Å². The summed E-state index contributed by atoms with van der Waals surface area (Å²) in [5.41, 5.74) is 1.95. The number of anilines is 1. The van der Waals surface area contributed by atoms with Crippen LogP contribution in [0, 0.1) is 5.41 Å². The number of benzene rings is 2. The van der Waals surface area contributed by atoms with Gasteiger partial charge in [0.1, 0.15) is 6.04 Å². The van der Waals surface area contributed by atoms with E-state index in [4.69, 9.17) is 17.0 Å². The minimum absolute atomic E-state index is 0.111. The minimum Gasteiger partial charge on any atom is -0.379 e. The van der Waals surface area contributed by atoms with Crippen molar-refractivity contribution in [2.24, 2.45) is 5.41 Å². The molecule has 2 aromatic carbocycles. The minimum atomic E-state index is -0.702. The second-order valence-electron chi connectivity index (χ2n) is 8.54. The zero-order chi connectivity index (χ0) is 23.7. The molecule has 1 saturated carbocycles.